The lowest BCUT2D eigenvalue weighted by atomic mass is 9.99. The molecule has 7 heteroatoms. The van der Waals surface area contributed by atoms with Crippen LogP contribution in [0.1, 0.15) is 34.8 Å². The first-order valence-corrected chi connectivity index (χ1v) is 14.8. The molecule has 0 aliphatic heterocycles. The minimum Gasteiger partial charge on any atom is -0.375 e. The summed E-state index contributed by atoms with van der Waals surface area (Å²) in [6.45, 7) is 4.93. The fourth-order valence-corrected chi connectivity index (χ4v) is 5.57. The molecule has 0 saturated heterocycles. The molecule has 0 fully saturated rings. The second-order valence-electron chi connectivity index (χ2n) is 10.7. The normalized spacial score (nSPS) is 12.0. The number of carbonyl (C=O) groups is 1. The van der Waals surface area contributed by atoms with Gasteiger partial charge in [0.25, 0.3) is 5.91 Å². The number of nitrogens with zero attached hydrogens (tertiary/aromatic N) is 2. The average Bonchev–Trinajstić information content (AvgIpc) is 3.68. The van der Waals surface area contributed by atoms with E-state index in [9.17, 15) is 4.79 Å². The molecule has 6 aromatic rings. The monoisotopic (exact) mass is 588 g/mol. The molecule has 2 aromatic heterocycles. The Morgan fingerprint density at radius 1 is 0.953 bits per heavy atom. The molecule has 0 radical (unpaired) electrons. The minimum atomic E-state index is -0.209. The van der Waals surface area contributed by atoms with Crippen LogP contribution in [0.3, 0.4) is 0 Å². The lowest BCUT2D eigenvalue weighted by Crippen LogP contribution is -2.37. The quantitative estimate of drug-likeness (QED) is 0.169. The van der Waals surface area contributed by atoms with Crippen molar-refractivity contribution in [2.75, 3.05) is 6.61 Å². The third-order valence-electron chi connectivity index (χ3n) is 7.63. The highest BCUT2D eigenvalue weighted by atomic mass is 35.5. The zero-order valence-corrected chi connectivity index (χ0v) is 24.9. The van der Waals surface area contributed by atoms with Crippen LogP contribution in [0.2, 0.25) is 5.02 Å². The van der Waals surface area contributed by atoms with Gasteiger partial charge in [0, 0.05) is 17.3 Å². The molecule has 0 aliphatic carbocycles. The van der Waals surface area contributed by atoms with Gasteiger partial charge in [-0.15, -0.1) is 0 Å². The first-order valence-electron chi connectivity index (χ1n) is 14.4. The number of benzene rings is 4. The molecule has 0 spiro atoms. The van der Waals surface area contributed by atoms with Crippen LogP contribution >= 0.6 is 11.6 Å². The number of aromatic nitrogens is 3. The molecule has 43 heavy (non-hydrogen) atoms. The maximum Gasteiger partial charge on any atom is 0.255 e. The SMILES string of the molecule is CC[C@H](COCc1ccccc1)NC(=O)c1cnn(-c2ccc(C)cc2Cl)c1-c1cccc(-c2ccc3[nH]ccc3c2)c1. The number of fused-ring (bicyclic) bond motifs is 1. The number of hydrogen-bond acceptors (Lipinski definition) is 3. The number of rotatable bonds is 10. The van der Waals surface area contributed by atoms with Crippen molar-refractivity contribution in [3.8, 4) is 28.1 Å². The largest absolute Gasteiger partial charge is 0.375 e. The van der Waals surface area contributed by atoms with Crippen molar-refractivity contribution >= 4 is 28.4 Å². The molecule has 0 unspecified atom stereocenters. The molecule has 4 aromatic carbocycles. The molecule has 6 rings (SSSR count). The highest BCUT2D eigenvalue weighted by Crippen LogP contribution is 2.33. The Morgan fingerprint density at radius 3 is 2.58 bits per heavy atom. The van der Waals surface area contributed by atoms with Crippen molar-refractivity contribution in [3.63, 3.8) is 0 Å². The Bertz CT molecular complexity index is 1880. The van der Waals surface area contributed by atoms with Gasteiger partial charge in [0.1, 0.15) is 0 Å². The number of halogens is 1. The maximum atomic E-state index is 13.8. The number of aryl methyl sites for hydroxylation is 1. The van der Waals surface area contributed by atoms with Crippen LogP contribution < -0.4 is 5.32 Å². The fraction of sp³-hybridized carbons (Fsp3) is 0.167. The summed E-state index contributed by atoms with van der Waals surface area (Å²) >= 11 is 6.72. The molecule has 6 nitrogen and oxygen atoms in total. The summed E-state index contributed by atoms with van der Waals surface area (Å²) in [7, 11) is 0. The molecular weight excluding hydrogens is 556 g/mol. The van der Waals surface area contributed by atoms with Gasteiger partial charge in [-0.2, -0.15) is 5.10 Å². The van der Waals surface area contributed by atoms with E-state index in [1.165, 1.54) is 0 Å². The summed E-state index contributed by atoms with van der Waals surface area (Å²) in [5.41, 5.74) is 8.06. The van der Waals surface area contributed by atoms with Crippen LogP contribution in [0.15, 0.2) is 109 Å². The summed E-state index contributed by atoms with van der Waals surface area (Å²) in [6.07, 6.45) is 4.29. The topological polar surface area (TPSA) is 71.9 Å². The van der Waals surface area contributed by atoms with Crippen LogP contribution in [0.4, 0.5) is 0 Å². The van der Waals surface area contributed by atoms with Gasteiger partial charge in [0.05, 0.1) is 47.4 Å². The molecule has 216 valence electrons. The van der Waals surface area contributed by atoms with Gasteiger partial charge in [-0.25, -0.2) is 4.68 Å². The third-order valence-corrected chi connectivity index (χ3v) is 7.93. The van der Waals surface area contributed by atoms with Gasteiger partial charge in [0.15, 0.2) is 0 Å². The molecule has 0 bridgehead atoms. The predicted molar refractivity (Wildman–Crippen MR) is 174 cm³/mol. The standard InChI is InChI=1S/C36H33ClN4O2/c1-3-30(23-43-22-25-8-5-4-6-9-25)40-36(42)31-21-39-41(34-15-12-24(2)18-32(34)37)35(31)29-11-7-10-26(20-29)27-13-14-33-28(19-27)16-17-38-33/h4-21,30,38H,3,22-23H2,1-2H3,(H,40,42)/t30-/m1/s1. The molecule has 2 heterocycles. The molecule has 0 aliphatic rings. The van der Waals surface area contributed by atoms with E-state index in [2.05, 4.69) is 51.8 Å². The number of nitrogens with one attached hydrogen (secondary N) is 2. The Kier molecular flexibility index (Phi) is 8.40. The number of ether oxygens (including phenoxy) is 1. The number of aromatic amines is 1. The van der Waals surface area contributed by atoms with Crippen molar-refractivity contribution in [1.29, 1.82) is 0 Å². The van der Waals surface area contributed by atoms with E-state index in [4.69, 9.17) is 16.3 Å². The summed E-state index contributed by atoms with van der Waals surface area (Å²) in [5, 5.41) is 9.56. The summed E-state index contributed by atoms with van der Waals surface area (Å²) in [5.74, 6) is -0.209. The van der Waals surface area contributed by atoms with Crippen molar-refractivity contribution in [2.45, 2.75) is 32.9 Å². The fourth-order valence-electron chi connectivity index (χ4n) is 5.26. The maximum absolute atomic E-state index is 13.8. The van der Waals surface area contributed by atoms with Crippen molar-refractivity contribution in [1.82, 2.24) is 20.1 Å². The van der Waals surface area contributed by atoms with Crippen molar-refractivity contribution in [2.24, 2.45) is 0 Å². The van der Waals surface area contributed by atoms with Gasteiger partial charge in [0.2, 0.25) is 0 Å². The van der Waals surface area contributed by atoms with E-state index in [1.807, 2.05) is 80.7 Å². The zero-order chi connectivity index (χ0) is 29.8. The summed E-state index contributed by atoms with van der Waals surface area (Å²) in [6, 6.07) is 32.3. The van der Waals surface area contributed by atoms with E-state index in [1.54, 1.807) is 10.9 Å². The second kappa shape index (κ2) is 12.7. The van der Waals surface area contributed by atoms with E-state index in [0.29, 0.717) is 35.2 Å². The lowest BCUT2D eigenvalue weighted by Gasteiger charge is -2.18. The van der Waals surface area contributed by atoms with Crippen LogP contribution in [-0.4, -0.2) is 33.3 Å². The molecule has 1 amide bonds. The van der Waals surface area contributed by atoms with Crippen LogP contribution in [0.5, 0.6) is 0 Å². The van der Waals surface area contributed by atoms with Crippen LogP contribution in [0, 0.1) is 6.92 Å². The first-order chi connectivity index (χ1) is 21.0. The molecule has 0 saturated carbocycles. The smallest absolute Gasteiger partial charge is 0.255 e. The van der Waals surface area contributed by atoms with E-state index in [-0.39, 0.29) is 11.9 Å². The molecule has 1 atom stereocenters. The Hall–Kier alpha value is -4.65. The average molecular weight is 589 g/mol. The van der Waals surface area contributed by atoms with Gasteiger partial charge >= 0.3 is 0 Å². The zero-order valence-electron chi connectivity index (χ0n) is 24.2. The summed E-state index contributed by atoms with van der Waals surface area (Å²) in [4.78, 5) is 17.1. The van der Waals surface area contributed by atoms with Crippen molar-refractivity contribution in [3.05, 3.63) is 131 Å². The van der Waals surface area contributed by atoms with Crippen molar-refractivity contribution < 1.29 is 9.53 Å². The van der Waals surface area contributed by atoms with E-state index in [0.717, 1.165) is 45.1 Å². The highest BCUT2D eigenvalue weighted by molar-refractivity contribution is 6.32. The van der Waals surface area contributed by atoms with Gasteiger partial charge < -0.3 is 15.0 Å². The first kappa shape index (κ1) is 28.5. The van der Waals surface area contributed by atoms with E-state index >= 15 is 0 Å². The Labute approximate surface area is 256 Å². The minimum absolute atomic E-state index is 0.158. The molecular formula is C36H33ClN4O2. The molecule has 2 N–H and O–H groups in total. The van der Waals surface area contributed by atoms with E-state index < -0.39 is 0 Å². The summed E-state index contributed by atoms with van der Waals surface area (Å²) < 4.78 is 7.72. The Balaban J connectivity index is 1.34. The number of amides is 1. The predicted octanol–water partition coefficient (Wildman–Crippen LogP) is 8.37. The van der Waals surface area contributed by atoms with Gasteiger partial charge in [-0.1, -0.05) is 79.2 Å². The van der Waals surface area contributed by atoms with Crippen LogP contribution in [-0.2, 0) is 11.3 Å². The Morgan fingerprint density at radius 2 is 1.77 bits per heavy atom. The third kappa shape index (κ3) is 6.26. The number of H-pyrrole nitrogens is 1. The highest BCUT2D eigenvalue weighted by Gasteiger charge is 2.23. The van der Waals surface area contributed by atoms with Gasteiger partial charge in [-0.05, 0) is 77.4 Å². The van der Waals surface area contributed by atoms with Crippen LogP contribution in [0.25, 0.3) is 39.0 Å². The number of carbonyl (C=O) groups excluding carboxylic acids is 1. The second-order valence-corrected chi connectivity index (χ2v) is 11.1. The number of hydrogen-bond donors (Lipinski definition) is 2. The lowest BCUT2D eigenvalue weighted by molar-refractivity contribution is 0.0792. The van der Waals surface area contributed by atoms with Gasteiger partial charge in [-0.3, -0.25) is 4.79 Å².